The maximum absolute atomic E-state index is 9.56. The zero-order chi connectivity index (χ0) is 16.9. The quantitative estimate of drug-likeness (QED) is 0.657. The largest absolute Gasteiger partial charge is 0.508 e. The van der Waals surface area contributed by atoms with Gasteiger partial charge in [-0.1, -0.05) is 23.3 Å². The predicted octanol–water partition coefficient (Wildman–Crippen LogP) is 5.95. The molecule has 126 valence electrons. The Morgan fingerprint density at radius 1 is 1.22 bits per heavy atom. The summed E-state index contributed by atoms with van der Waals surface area (Å²) in [7, 11) is 0. The number of phenols is 1. The number of allylic oxidation sites excluding steroid dienone is 4. The van der Waals surface area contributed by atoms with Crippen LogP contribution in [0.4, 0.5) is 0 Å². The van der Waals surface area contributed by atoms with Gasteiger partial charge in [0.2, 0.25) is 0 Å². The number of hydrogen-bond donors (Lipinski definition) is 1. The van der Waals surface area contributed by atoms with Crippen LogP contribution >= 0.6 is 0 Å². The van der Waals surface area contributed by atoms with E-state index in [1.165, 1.54) is 11.1 Å². The van der Waals surface area contributed by atoms with Crippen molar-refractivity contribution < 1.29 is 9.84 Å². The van der Waals surface area contributed by atoms with Crippen LogP contribution in [0.15, 0.2) is 41.5 Å². The van der Waals surface area contributed by atoms with E-state index in [1.807, 2.05) is 12.1 Å². The first-order chi connectivity index (χ1) is 10.9. The Hall–Kier alpha value is -1.70. The third-order valence-corrected chi connectivity index (χ3v) is 4.58. The molecule has 0 amide bonds. The summed E-state index contributed by atoms with van der Waals surface area (Å²) in [4.78, 5) is 0. The lowest BCUT2D eigenvalue weighted by atomic mass is 9.88. The van der Waals surface area contributed by atoms with Crippen molar-refractivity contribution in [1.82, 2.24) is 0 Å². The number of ether oxygens (including phenoxy) is 1. The molecule has 0 aromatic heterocycles. The molecule has 1 heterocycles. The Morgan fingerprint density at radius 2 is 2.00 bits per heavy atom. The van der Waals surface area contributed by atoms with Gasteiger partial charge in [-0.3, -0.25) is 0 Å². The summed E-state index contributed by atoms with van der Waals surface area (Å²) < 4.78 is 6.22. The molecule has 1 N–H and O–H groups in total. The third-order valence-electron chi connectivity index (χ3n) is 4.58. The minimum atomic E-state index is -0.0966. The van der Waals surface area contributed by atoms with Gasteiger partial charge in [0.05, 0.1) is 0 Å². The number of phenolic OH excluding ortho intramolecular Hbond substituents is 1. The summed E-state index contributed by atoms with van der Waals surface area (Å²) in [6, 6.07) is 5.42. The van der Waals surface area contributed by atoms with Crippen LogP contribution in [-0.4, -0.2) is 10.7 Å². The van der Waals surface area contributed by atoms with Crippen molar-refractivity contribution in [3.63, 3.8) is 0 Å². The highest BCUT2D eigenvalue weighted by molar-refractivity contribution is 5.41. The van der Waals surface area contributed by atoms with Crippen molar-refractivity contribution >= 4 is 0 Å². The van der Waals surface area contributed by atoms with Crippen LogP contribution in [0.1, 0.15) is 65.4 Å². The molecule has 0 fully saturated rings. The molecular formula is C21H30O2. The van der Waals surface area contributed by atoms with E-state index in [9.17, 15) is 5.11 Å². The lowest BCUT2D eigenvalue weighted by Gasteiger charge is -2.35. The van der Waals surface area contributed by atoms with E-state index in [4.69, 9.17) is 4.74 Å². The molecule has 0 aliphatic carbocycles. The zero-order valence-electron chi connectivity index (χ0n) is 15.0. The SMILES string of the molecule is CC(C)=CCC/C(C)=C/CCC1(C)CCc2cc(O)ccc2O1. The molecule has 0 spiro atoms. The fraction of sp³-hybridized carbons (Fsp3) is 0.524. The maximum Gasteiger partial charge on any atom is 0.123 e. The summed E-state index contributed by atoms with van der Waals surface area (Å²) >= 11 is 0. The summed E-state index contributed by atoms with van der Waals surface area (Å²) in [6.45, 7) is 8.73. The molecule has 23 heavy (non-hydrogen) atoms. The third kappa shape index (κ3) is 5.46. The molecule has 1 atom stereocenters. The van der Waals surface area contributed by atoms with Gasteiger partial charge in [0.1, 0.15) is 17.1 Å². The second-order valence-corrected chi connectivity index (χ2v) is 7.25. The normalized spacial score (nSPS) is 20.6. The number of aryl methyl sites for hydroxylation is 1. The maximum atomic E-state index is 9.56. The van der Waals surface area contributed by atoms with Gasteiger partial charge in [-0.15, -0.1) is 0 Å². The van der Waals surface area contributed by atoms with Gasteiger partial charge in [-0.05, 0) is 90.0 Å². The van der Waals surface area contributed by atoms with Gasteiger partial charge in [0.25, 0.3) is 0 Å². The van der Waals surface area contributed by atoms with Crippen LogP contribution in [0.3, 0.4) is 0 Å². The van der Waals surface area contributed by atoms with Gasteiger partial charge in [-0.25, -0.2) is 0 Å². The summed E-state index contributed by atoms with van der Waals surface area (Å²) in [5.41, 5.74) is 3.88. The minimum Gasteiger partial charge on any atom is -0.508 e. The Bertz CT molecular complexity index is 594. The van der Waals surface area contributed by atoms with Gasteiger partial charge < -0.3 is 9.84 Å². The smallest absolute Gasteiger partial charge is 0.123 e. The average Bonchev–Trinajstić information content (AvgIpc) is 2.47. The highest BCUT2D eigenvalue weighted by Gasteiger charge is 2.30. The molecule has 1 aromatic rings. The fourth-order valence-electron chi connectivity index (χ4n) is 3.07. The first-order valence-corrected chi connectivity index (χ1v) is 8.68. The number of benzene rings is 1. The molecule has 0 saturated carbocycles. The molecule has 1 aliphatic heterocycles. The topological polar surface area (TPSA) is 29.5 Å². The number of aromatic hydroxyl groups is 1. The first kappa shape index (κ1) is 17.7. The molecule has 1 unspecified atom stereocenters. The van der Waals surface area contributed by atoms with E-state index >= 15 is 0 Å². The van der Waals surface area contributed by atoms with E-state index in [0.717, 1.165) is 49.8 Å². The lowest BCUT2D eigenvalue weighted by Crippen LogP contribution is -2.36. The Labute approximate surface area is 140 Å². The molecule has 0 radical (unpaired) electrons. The van der Waals surface area contributed by atoms with E-state index in [2.05, 4.69) is 39.8 Å². The van der Waals surface area contributed by atoms with Gasteiger partial charge in [0.15, 0.2) is 0 Å². The summed E-state index contributed by atoms with van der Waals surface area (Å²) in [5.74, 6) is 1.26. The Morgan fingerprint density at radius 3 is 2.74 bits per heavy atom. The Kier molecular flexibility index (Phi) is 5.92. The van der Waals surface area contributed by atoms with Crippen LogP contribution in [0.2, 0.25) is 0 Å². The van der Waals surface area contributed by atoms with E-state index < -0.39 is 0 Å². The predicted molar refractivity (Wildman–Crippen MR) is 97.1 cm³/mol. The van der Waals surface area contributed by atoms with Crippen molar-refractivity contribution in [2.24, 2.45) is 0 Å². The van der Waals surface area contributed by atoms with Gasteiger partial charge in [-0.2, -0.15) is 0 Å². The summed E-state index contributed by atoms with van der Waals surface area (Å²) in [6.07, 6.45) is 11.0. The van der Waals surface area contributed by atoms with Crippen LogP contribution in [0.25, 0.3) is 0 Å². The molecule has 2 nitrogen and oxygen atoms in total. The van der Waals surface area contributed by atoms with E-state index in [-0.39, 0.29) is 5.60 Å². The second-order valence-electron chi connectivity index (χ2n) is 7.25. The standard InChI is InChI=1S/C21H30O2/c1-16(2)7-5-8-17(3)9-6-13-21(4)14-12-18-15-19(22)10-11-20(18)23-21/h7,9-11,15,22H,5-6,8,12-14H2,1-4H3/b17-9+. The van der Waals surface area contributed by atoms with E-state index in [1.54, 1.807) is 6.07 Å². The first-order valence-electron chi connectivity index (χ1n) is 8.68. The van der Waals surface area contributed by atoms with Crippen molar-refractivity contribution in [1.29, 1.82) is 0 Å². The molecule has 2 rings (SSSR count). The monoisotopic (exact) mass is 314 g/mol. The van der Waals surface area contributed by atoms with Crippen molar-refractivity contribution in [2.75, 3.05) is 0 Å². The number of fused-ring (bicyclic) bond motifs is 1. The molecule has 1 aliphatic rings. The highest BCUT2D eigenvalue weighted by atomic mass is 16.5. The number of rotatable bonds is 6. The van der Waals surface area contributed by atoms with Gasteiger partial charge in [0, 0.05) is 0 Å². The molecule has 0 saturated heterocycles. The van der Waals surface area contributed by atoms with Crippen LogP contribution < -0.4 is 4.74 Å². The second kappa shape index (κ2) is 7.72. The van der Waals surface area contributed by atoms with Crippen molar-refractivity contribution in [2.45, 2.75) is 71.8 Å². The average molecular weight is 314 g/mol. The Balaban J connectivity index is 1.86. The van der Waals surface area contributed by atoms with Crippen molar-refractivity contribution in [3.8, 4) is 11.5 Å². The molecule has 1 aromatic carbocycles. The molecular weight excluding hydrogens is 284 g/mol. The number of hydrogen-bond acceptors (Lipinski definition) is 2. The highest BCUT2D eigenvalue weighted by Crippen LogP contribution is 2.37. The zero-order valence-corrected chi connectivity index (χ0v) is 15.0. The van der Waals surface area contributed by atoms with E-state index in [0.29, 0.717) is 5.75 Å². The minimum absolute atomic E-state index is 0.0966. The summed E-state index contributed by atoms with van der Waals surface area (Å²) in [5, 5.41) is 9.56. The van der Waals surface area contributed by atoms with Crippen LogP contribution in [0.5, 0.6) is 11.5 Å². The van der Waals surface area contributed by atoms with Crippen LogP contribution in [-0.2, 0) is 6.42 Å². The molecule has 2 heteroatoms. The fourth-order valence-corrected chi connectivity index (χ4v) is 3.07. The molecule has 0 bridgehead atoms. The lowest BCUT2D eigenvalue weighted by molar-refractivity contribution is 0.0570. The van der Waals surface area contributed by atoms with Crippen molar-refractivity contribution in [3.05, 3.63) is 47.1 Å². The van der Waals surface area contributed by atoms with Gasteiger partial charge >= 0.3 is 0 Å². The van der Waals surface area contributed by atoms with Crippen LogP contribution in [0, 0.1) is 0 Å².